The molecule has 0 aliphatic heterocycles. The zero-order chi connectivity index (χ0) is 15.1. The average Bonchev–Trinajstić information content (AvgIpc) is 2.42. The van der Waals surface area contributed by atoms with Gasteiger partial charge in [0.2, 0.25) is 5.91 Å². The number of amides is 2. The van der Waals surface area contributed by atoms with E-state index < -0.39 is 11.8 Å². The number of carbonyl (C=O) groups is 2. The molecule has 0 spiro atoms. The molecule has 20 heavy (non-hydrogen) atoms. The van der Waals surface area contributed by atoms with E-state index in [1.807, 2.05) is 6.92 Å². The Hall–Kier alpha value is -1.76. The lowest BCUT2D eigenvalue weighted by atomic mass is 10.2. The Morgan fingerprint density at radius 1 is 1.40 bits per heavy atom. The number of benzene rings is 1. The Kier molecular flexibility index (Phi) is 6.30. The highest BCUT2D eigenvalue weighted by Crippen LogP contribution is 2.36. The largest absolute Gasteiger partial charge is 0.493 e. The van der Waals surface area contributed by atoms with Crippen molar-refractivity contribution in [1.82, 2.24) is 5.32 Å². The molecule has 0 aliphatic carbocycles. The lowest BCUT2D eigenvalue weighted by Crippen LogP contribution is -2.33. The van der Waals surface area contributed by atoms with Crippen LogP contribution in [0.15, 0.2) is 16.6 Å². The summed E-state index contributed by atoms with van der Waals surface area (Å²) in [5, 5.41) is 2.41. The van der Waals surface area contributed by atoms with Gasteiger partial charge in [-0.15, -0.1) is 0 Å². The molecule has 2 amide bonds. The van der Waals surface area contributed by atoms with Crippen molar-refractivity contribution in [2.75, 3.05) is 20.3 Å². The van der Waals surface area contributed by atoms with Gasteiger partial charge < -0.3 is 20.5 Å². The summed E-state index contributed by atoms with van der Waals surface area (Å²) >= 11 is 3.34. The molecule has 0 saturated carbocycles. The van der Waals surface area contributed by atoms with Gasteiger partial charge in [-0.05, 0) is 34.5 Å². The molecule has 0 atom stereocenters. The van der Waals surface area contributed by atoms with Crippen molar-refractivity contribution >= 4 is 27.7 Å². The maximum absolute atomic E-state index is 11.9. The van der Waals surface area contributed by atoms with E-state index in [1.54, 1.807) is 12.1 Å². The minimum Gasteiger partial charge on any atom is -0.493 e. The normalized spacial score (nSPS) is 9.95. The summed E-state index contributed by atoms with van der Waals surface area (Å²) in [7, 11) is 1.49. The molecule has 0 saturated heterocycles. The van der Waals surface area contributed by atoms with E-state index >= 15 is 0 Å². The van der Waals surface area contributed by atoms with E-state index in [1.165, 1.54) is 7.11 Å². The third-order valence-electron chi connectivity index (χ3n) is 2.37. The first kappa shape index (κ1) is 16.3. The Morgan fingerprint density at radius 2 is 2.10 bits per heavy atom. The lowest BCUT2D eigenvalue weighted by Gasteiger charge is -2.13. The van der Waals surface area contributed by atoms with E-state index in [-0.39, 0.29) is 6.54 Å². The second kappa shape index (κ2) is 7.74. The van der Waals surface area contributed by atoms with Gasteiger partial charge in [-0.25, -0.2) is 0 Å². The molecule has 0 fully saturated rings. The third-order valence-corrected chi connectivity index (χ3v) is 2.95. The summed E-state index contributed by atoms with van der Waals surface area (Å²) in [6.45, 7) is 2.32. The van der Waals surface area contributed by atoms with Crippen molar-refractivity contribution < 1.29 is 19.1 Å². The van der Waals surface area contributed by atoms with Gasteiger partial charge in [-0.3, -0.25) is 9.59 Å². The number of rotatable bonds is 7. The van der Waals surface area contributed by atoms with Gasteiger partial charge in [-0.1, -0.05) is 6.92 Å². The van der Waals surface area contributed by atoms with Gasteiger partial charge in [0.05, 0.1) is 24.7 Å². The molecule has 0 aromatic heterocycles. The number of primary amides is 1. The molecule has 1 rings (SSSR count). The number of hydrogen-bond acceptors (Lipinski definition) is 4. The van der Waals surface area contributed by atoms with Crippen LogP contribution in [0.2, 0.25) is 0 Å². The number of nitrogens with one attached hydrogen (secondary N) is 1. The predicted octanol–water partition coefficient (Wildman–Crippen LogP) is 1.46. The highest BCUT2D eigenvalue weighted by molar-refractivity contribution is 9.10. The van der Waals surface area contributed by atoms with Crippen LogP contribution in [-0.2, 0) is 4.79 Å². The predicted molar refractivity (Wildman–Crippen MR) is 78.0 cm³/mol. The fraction of sp³-hybridized carbons (Fsp3) is 0.385. The fourth-order valence-corrected chi connectivity index (χ4v) is 2.02. The van der Waals surface area contributed by atoms with Gasteiger partial charge in [0.25, 0.3) is 5.91 Å². The Bertz CT molecular complexity index is 505. The quantitative estimate of drug-likeness (QED) is 0.783. The summed E-state index contributed by atoms with van der Waals surface area (Å²) in [4.78, 5) is 22.5. The van der Waals surface area contributed by atoms with E-state index in [0.717, 1.165) is 6.42 Å². The molecule has 0 bridgehead atoms. The topological polar surface area (TPSA) is 90.6 Å². The fourth-order valence-electron chi connectivity index (χ4n) is 1.46. The molecule has 1 aromatic carbocycles. The van der Waals surface area contributed by atoms with E-state index in [9.17, 15) is 9.59 Å². The van der Waals surface area contributed by atoms with Crippen LogP contribution in [0.5, 0.6) is 11.5 Å². The number of nitrogens with two attached hydrogens (primary N) is 1. The zero-order valence-electron chi connectivity index (χ0n) is 11.4. The van der Waals surface area contributed by atoms with Crippen LogP contribution in [0.25, 0.3) is 0 Å². The second-order valence-corrected chi connectivity index (χ2v) is 4.84. The molecular formula is C13H17BrN2O4. The summed E-state index contributed by atoms with van der Waals surface area (Å²) < 4.78 is 11.4. The van der Waals surface area contributed by atoms with Gasteiger partial charge in [0, 0.05) is 5.56 Å². The summed E-state index contributed by atoms with van der Waals surface area (Å²) in [5.74, 6) is -0.0324. The molecule has 1 aromatic rings. The van der Waals surface area contributed by atoms with Crippen LogP contribution in [0, 0.1) is 0 Å². The Balaban J connectivity index is 2.97. The molecule has 0 radical (unpaired) electrons. The first-order valence-electron chi connectivity index (χ1n) is 6.06. The van der Waals surface area contributed by atoms with E-state index in [2.05, 4.69) is 21.2 Å². The standard InChI is InChI=1S/C13H17BrN2O4/c1-3-4-20-12-9(14)5-8(6-10(12)19-2)13(18)16-7-11(15)17/h5-6H,3-4,7H2,1-2H3,(H2,15,17)(H,16,18). The summed E-state index contributed by atoms with van der Waals surface area (Å²) in [6, 6.07) is 3.15. The molecule has 0 aliphatic rings. The van der Waals surface area contributed by atoms with Crippen molar-refractivity contribution in [3.8, 4) is 11.5 Å². The summed E-state index contributed by atoms with van der Waals surface area (Å²) in [6.07, 6.45) is 0.858. The molecule has 6 nitrogen and oxygen atoms in total. The van der Waals surface area contributed by atoms with Gasteiger partial charge in [0.15, 0.2) is 11.5 Å². The van der Waals surface area contributed by atoms with Crippen LogP contribution < -0.4 is 20.5 Å². The Labute approximate surface area is 125 Å². The number of ether oxygens (including phenoxy) is 2. The average molecular weight is 345 g/mol. The Morgan fingerprint density at radius 3 is 2.65 bits per heavy atom. The van der Waals surface area contributed by atoms with E-state index in [4.69, 9.17) is 15.2 Å². The SMILES string of the molecule is CCCOc1c(Br)cc(C(=O)NCC(N)=O)cc1OC. The zero-order valence-corrected chi connectivity index (χ0v) is 13.0. The molecule has 7 heteroatoms. The van der Waals surface area contributed by atoms with Crippen molar-refractivity contribution in [3.63, 3.8) is 0 Å². The van der Waals surface area contributed by atoms with Crippen LogP contribution in [-0.4, -0.2) is 32.1 Å². The molecule has 110 valence electrons. The minimum atomic E-state index is -0.604. The minimum absolute atomic E-state index is 0.215. The van der Waals surface area contributed by atoms with Crippen LogP contribution >= 0.6 is 15.9 Å². The smallest absolute Gasteiger partial charge is 0.251 e. The highest BCUT2D eigenvalue weighted by Gasteiger charge is 2.15. The van der Waals surface area contributed by atoms with Crippen molar-refractivity contribution in [1.29, 1.82) is 0 Å². The molecule has 0 unspecified atom stereocenters. The maximum Gasteiger partial charge on any atom is 0.251 e. The molecular weight excluding hydrogens is 328 g/mol. The maximum atomic E-state index is 11.9. The summed E-state index contributed by atoms with van der Waals surface area (Å²) in [5.41, 5.74) is 5.32. The van der Waals surface area contributed by atoms with E-state index in [0.29, 0.717) is 28.1 Å². The number of methoxy groups -OCH3 is 1. The van der Waals surface area contributed by atoms with Crippen molar-refractivity contribution in [3.05, 3.63) is 22.2 Å². The molecule has 3 N–H and O–H groups in total. The van der Waals surface area contributed by atoms with Gasteiger partial charge in [-0.2, -0.15) is 0 Å². The number of halogens is 1. The number of hydrogen-bond donors (Lipinski definition) is 2. The van der Waals surface area contributed by atoms with Gasteiger partial charge >= 0.3 is 0 Å². The highest BCUT2D eigenvalue weighted by atomic mass is 79.9. The first-order chi connectivity index (χ1) is 9.49. The van der Waals surface area contributed by atoms with Crippen LogP contribution in [0.1, 0.15) is 23.7 Å². The molecule has 0 heterocycles. The monoisotopic (exact) mass is 344 g/mol. The lowest BCUT2D eigenvalue weighted by molar-refractivity contribution is -0.117. The third kappa shape index (κ3) is 4.41. The van der Waals surface area contributed by atoms with Crippen molar-refractivity contribution in [2.45, 2.75) is 13.3 Å². The number of carbonyl (C=O) groups excluding carboxylic acids is 2. The van der Waals surface area contributed by atoms with Crippen LogP contribution in [0.4, 0.5) is 0 Å². The van der Waals surface area contributed by atoms with Crippen LogP contribution in [0.3, 0.4) is 0 Å². The second-order valence-electron chi connectivity index (χ2n) is 3.99. The first-order valence-corrected chi connectivity index (χ1v) is 6.85. The van der Waals surface area contributed by atoms with Crippen molar-refractivity contribution in [2.24, 2.45) is 5.73 Å². The van der Waals surface area contributed by atoms with Gasteiger partial charge in [0.1, 0.15) is 0 Å².